The molecular weight excluding hydrogens is 402 g/mol. The predicted octanol–water partition coefficient (Wildman–Crippen LogP) is 3.85. The molecule has 1 atom stereocenters. The minimum atomic E-state index is -0.478. The first-order valence-electron chi connectivity index (χ1n) is 10.4. The van der Waals surface area contributed by atoms with Gasteiger partial charge in [-0.25, -0.2) is 0 Å². The minimum absolute atomic E-state index is 0.00904. The maximum Gasteiger partial charge on any atom is 0.248 e. The lowest BCUT2D eigenvalue weighted by Crippen LogP contribution is -2.27. The van der Waals surface area contributed by atoms with Gasteiger partial charge in [0.2, 0.25) is 11.8 Å². The molecule has 2 amide bonds. The summed E-state index contributed by atoms with van der Waals surface area (Å²) in [7, 11) is 0. The van der Waals surface area contributed by atoms with Crippen LogP contribution in [0.25, 0.3) is 0 Å². The van der Waals surface area contributed by atoms with Crippen molar-refractivity contribution in [3.63, 3.8) is 0 Å². The quantitative estimate of drug-likeness (QED) is 0.504. The third kappa shape index (κ3) is 5.68. The Morgan fingerprint density at radius 3 is 1.75 bits per heavy atom. The Kier molecular flexibility index (Phi) is 7.18. The van der Waals surface area contributed by atoms with E-state index < -0.39 is 11.8 Å². The van der Waals surface area contributed by atoms with Crippen molar-refractivity contribution in [1.82, 2.24) is 4.90 Å². The average molecular weight is 430 g/mol. The van der Waals surface area contributed by atoms with Gasteiger partial charge in [-0.1, -0.05) is 42.5 Å². The Morgan fingerprint density at radius 1 is 0.750 bits per heavy atom. The number of hydrogen-bond acceptors (Lipinski definition) is 4. The summed E-state index contributed by atoms with van der Waals surface area (Å²) in [5.41, 5.74) is 15.3. The van der Waals surface area contributed by atoms with E-state index in [9.17, 15) is 14.4 Å². The van der Waals surface area contributed by atoms with Crippen LogP contribution in [0.3, 0.4) is 0 Å². The maximum absolute atomic E-state index is 11.8. The Bertz CT molecular complexity index is 1100. The molecule has 0 radical (unpaired) electrons. The summed E-state index contributed by atoms with van der Waals surface area (Å²) in [5, 5.41) is 0. The minimum Gasteiger partial charge on any atom is -0.366 e. The van der Waals surface area contributed by atoms with Crippen molar-refractivity contribution in [2.24, 2.45) is 11.5 Å². The number of primary amides is 2. The topological polar surface area (TPSA) is 106 Å². The number of amides is 2. The van der Waals surface area contributed by atoms with Crippen molar-refractivity contribution < 1.29 is 14.4 Å². The molecule has 3 aromatic carbocycles. The molecule has 0 heterocycles. The van der Waals surface area contributed by atoms with E-state index in [1.807, 2.05) is 49.4 Å². The fourth-order valence-electron chi connectivity index (χ4n) is 3.67. The van der Waals surface area contributed by atoms with E-state index in [-0.39, 0.29) is 11.8 Å². The zero-order valence-corrected chi connectivity index (χ0v) is 18.2. The number of carbonyl (C=O) groups excluding carboxylic acids is 3. The molecule has 6 heteroatoms. The van der Waals surface area contributed by atoms with E-state index in [2.05, 4.69) is 4.90 Å². The summed E-state index contributed by atoms with van der Waals surface area (Å²) in [6.07, 6.45) is 0. The van der Waals surface area contributed by atoms with Crippen LogP contribution in [0.1, 0.15) is 67.7 Å². The molecule has 32 heavy (non-hydrogen) atoms. The Labute approximate surface area is 187 Å². The first-order chi connectivity index (χ1) is 15.2. The lowest BCUT2D eigenvalue weighted by Gasteiger charge is -2.30. The highest BCUT2D eigenvalue weighted by atomic mass is 16.1. The van der Waals surface area contributed by atoms with Gasteiger partial charge in [-0.2, -0.15) is 0 Å². The van der Waals surface area contributed by atoms with Gasteiger partial charge in [0.05, 0.1) is 0 Å². The normalized spacial score (nSPS) is 11.8. The molecule has 0 saturated heterocycles. The number of rotatable bonds is 9. The molecule has 3 rings (SSSR count). The van der Waals surface area contributed by atoms with Gasteiger partial charge in [0.25, 0.3) is 0 Å². The fourth-order valence-corrected chi connectivity index (χ4v) is 3.67. The molecule has 0 aromatic heterocycles. The van der Waals surface area contributed by atoms with Crippen LogP contribution >= 0.6 is 0 Å². The standard InChI is InChI=1S/C26H27N3O3/c1-17(21-8-5-11-24(14-21)26(28)32)29(15-19-6-3-9-22(12-19)18(2)30)16-20-7-4-10-23(13-20)25(27)31/h3-14,17H,15-16H2,1-2H3,(H2,27,31)(H2,28,32)/t17-/m1/s1. The Balaban J connectivity index is 1.96. The lowest BCUT2D eigenvalue weighted by atomic mass is 10.0. The van der Waals surface area contributed by atoms with Gasteiger partial charge < -0.3 is 11.5 Å². The van der Waals surface area contributed by atoms with Crippen molar-refractivity contribution in [3.8, 4) is 0 Å². The van der Waals surface area contributed by atoms with Gasteiger partial charge in [-0.05, 0) is 60.9 Å². The first-order valence-corrected chi connectivity index (χ1v) is 10.4. The Morgan fingerprint density at radius 2 is 1.22 bits per heavy atom. The van der Waals surface area contributed by atoms with Crippen molar-refractivity contribution >= 4 is 17.6 Å². The van der Waals surface area contributed by atoms with Crippen LogP contribution < -0.4 is 11.5 Å². The molecule has 0 aliphatic carbocycles. The maximum atomic E-state index is 11.8. The number of benzene rings is 3. The van der Waals surface area contributed by atoms with Gasteiger partial charge in [0.1, 0.15) is 0 Å². The summed E-state index contributed by atoms with van der Waals surface area (Å²) >= 11 is 0. The van der Waals surface area contributed by atoms with Crippen LogP contribution in [-0.2, 0) is 13.1 Å². The summed E-state index contributed by atoms with van der Waals surface area (Å²) < 4.78 is 0. The number of Topliss-reactive ketones (excluding diaryl/α,β-unsaturated/α-hetero) is 1. The van der Waals surface area contributed by atoms with Crippen LogP contribution in [-0.4, -0.2) is 22.5 Å². The van der Waals surface area contributed by atoms with E-state index in [4.69, 9.17) is 11.5 Å². The smallest absolute Gasteiger partial charge is 0.248 e. The van der Waals surface area contributed by atoms with E-state index in [0.29, 0.717) is 29.8 Å². The highest BCUT2D eigenvalue weighted by Gasteiger charge is 2.19. The van der Waals surface area contributed by atoms with Crippen LogP contribution in [0, 0.1) is 0 Å². The van der Waals surface area contributed by atoms with E-state index in [0.717, 1.165) is 16.7 Å². The summed E-state index contributed by atoms with van der Waals surface area (Å²) in [6, 6.07) is 21.9. The molecule has 0 aliphatic rings. The lowest BCUT2D eigenvalue weighted by molar-refractivity contribution is 0.0992. The second-order valence-electron chi connectivity index (χ2n) is 7.89. The van der Waals surface area contributed by atoms with Crippen LogP contribution in [0.15, 0.2) is 72.8 Å². The van der Waals surface area contributed by atoms with Crippen molar-refractivity contribution in [2.75, 3.05) is 0 Å². The number of nitrogens with two attached hydrogens (primary N) is 2. The third-order valence-electron chi connectivity index (χ3n) is 5.52. The highest BCUT2D eigenvalue weighted by molar-refractivity contribution is 5.94. The zero-order valence-electron chi connectivity index (χ0n) is 18.2. The molecule has 164 valence electrons. The monoisotopic (exact) mass is 429 g/mol. The molecule has 3 aromatic rings. The van der Waals surface area contributed by atoms with Gasteiger partial charge in [-0.3, -0.25) is 19.3 Å². The molecule has 0 spiro atoms. The number of ketones is 1. The van der Waals surface area contributed by atoms with Crippen LogP contribution in [0.2, 0.25) is 0 Å². The molecule has 0 saturated carbocycles. The van der Waals surface area contributed by atoms with Gasteiger partial charge >= 0.3 is 0 Å². The molecule has 0 aliphatic heterocycles. The van der Waals surface area contributed by atoms with Crippen molar-refractivity contribution in [2.45, 2.75) is 33.0 Å². The largest absolute Gasteiger partial charge is 0.366 e. The predicted molar refractivity (Wildman–Crippen MR) is 124 cm³/mol. The molecule has 6 nitrogen and oxygen atoms in total. The number of nitrogens with zero attached hydrogens (tertiary/aromatic N) is 1. The molecular formula is C26H27N3O3. The van der Waals surface area contributed by atoms with E-state index in [1.165, 1.54) is 0 Å². The zero-order chi connectivity index (χ0) is 23.3. The molecule has 4 N–H and O–H groups in total. The van der Waals surface area contributed by atoms with Gasteiger partial charge in [-0.15, -0.1) is 0 Å². The SMILES string of the molecule is CC(=O)c1cccc(CN(Cc2cccc(C(N)=O)c2)[C@H](C)c2cccc(C(N)=O)c2)c1. The van der Waals surface area contributed by atoms with Crippen LogP contribution in [0.5, 0.6) is 0 Å². The number of carbonyl (C=O) groups is 3. The second kappa shape index (κ2) is 10.0. The van der Waals surface area contributed by atoms with E-state index >= 15 is 0 Å². The van der Waals surface area contributed by atoms with Gasteiger partial charge in [0, 0.05) is 35.8 Å². The van der Waals surface area contributed by atoms with Gasteiger partial charge in [0.15, 0.2) is 5.78 Å². The van der Waals surface area contributed by atoms with Crippen LogP contribution in [0.4, 0.5) is 0 Å². The van der Waals surface area contributed by atoms with Crippen molar-refractivity contribution in [3.05, 3.63) is 106 Å². The molecule has 0 fully saturated rings. The van der Waals surface area contributed by atoms with E-state index in [1.54, 1.807) is 37.3 Å². The third-order valence-corrected chi connectivity index (χ3v) is 5.52. The summed E-state index contributed by atoms with van der Waals surface area (Å²) in [5.74, 6) is -0.946. The Hall–Kier alpha value is -3.77. The van der Waals surface area contributed by atoms with Crippen molar-refractivity contribution in [1.29, 1.82) is 0 Å². The first kappa shape index (κ1) is 22.9. The molecule has 0 unspecified atom stereocenters. The molecule has 0 bridgehead atoms. The second-order valence-corrected chi connectivity index (χ2v) is 7.89. The summed E-state index contributed by atoms with van der Waals surface area (Å²) in [4.78, 5) is 37.3. The average Bonchev–Trinajstić information content (AvgIpc) is 2.78. The summed E-state index contributed by atoms with van der Waals surface area (Å²) in [6.45, 7) is 4.69. The fraction of sp³-hybridized carbons (Fsp3) is 0.192. The number of hydrogen-bond donors (Lipinski definition) is 2. The highest BCUT2D eigenvalue weighted by Crippen LogP contribution is 2.26.